The van der Waals surface area contributed by atoms with E-state index in [1.807, 2.05) is 27.7 Å². The average molecular weight is 707 g/mol. The lowest BCUT2D eigenvalue weighted by Crippen LogP contribution is -2.07. The minimum absolute atomic E-state index is 0.00324. The number of ether oxygens (including phenoxy) is 3. The van der Waals surface area contributed by atoms with Crippen molar-refractivity contribution in [3.05, 3.63) is 96.8 Å². The van der Waals surface area contributed by atoms with E-state index in [0.717, 1.165) is 12.1 Å². The van der Waals surface area contributed by atoms with Crippen molar-refractivity contribution in [2.75, 3.05) is 19.8 Å². The van der Waals surface area contributed by atoms with Crippen LogP contribution in [0.2, 0.25) is 0 Å². The van der Waals surface area contributed by atoms with Gasteiger partial charge in [-0.05, 0) is 25.8 Å². The van der Waals surface area contributed by atoms with Crippen LogP contribution >= 0.6 is 0 Å². The summed E-state index contributed by atoms with van der Waals surface area (Å²) in [6, 6.07) is 3.41. The second kappa shape index (κ2) is 23.5. The minimum Gasteiger partial charge on any atom is -0.487 e. The average Bonchev–Trinajstić information content (AvgIpc) is 3.08. The quantitative estimate of drug-likeness (QED) is 0.0678. The molecule has 0 atom stereocenters. The van der Waals surface area contributed by atoms with Crippen molar-refractivity contribution >= 4 is 11.4 Å². The summed E-state index contributed by atoms with van der Waals surface area (Å²) in [5.41, 5.74) is -0.726. The lowest BCUT2D eigenvalue weighted by molar-refractivity contribution is -0.394. The van der Waals surface area contributed by atoms with E-state index in [4.69, 9.17) is 4.74 Å². The molecule has 0 amide bonds. The van der Waals surface area contributed by atoms with Crippen molar-refractivity contribution < 1.29 is 63.6 Å². The smallest absolute Gasteiger partial charge is 0.317 e. The van der Waals surface area contributed by atoms with Crippen molar-refractivity contribution in [3.63, 3.8) is 0 Å². The lowest BCUT2D eigenvalue weighted by atomic mass is 10.2. The van der Waals surface area contributed by atoms with Crippen LogP contribution in [0.1, 0.15) is 61.3 Å². The Balaban J connectivity index is 0. The molecular formula is C30H35F9N2O7. The van der Waals surface area contributed by atoms with Crippen molar-refractivity contribution in [2.24, 2.45) is 0 Å². The van der Waals surface area contributed by atoms with Gasteiger partial charge in [0, 0.05) is 12.1 Å². The van der Waals surface area contributed by atoms with Gasteiger partial charge in [-0.2, -0.15) is 17.6 Å². The molecule has 0 saturated carbocycles. The molecule has 9 nitrogen and oxygen atoms in total. The second-order valence-corrected chi connectivity index (χ2v) is 7.99. The van der Waals surface area contributed by atoms with Crippen LogP contribution in [-0.4, -0.2) is 29.7 Å². The van der Waals surface area contributed by atoms with Gasteiger partial charge in [0.2, 0.25) is 40.7 Å². The van der Waals surface area contributed by atoms with Gasteiger partial charge in [-0.3, -0.25) is 20.2 Å². The molecule has 0 spiro atoms. The highest BCUT2D eigenvalue weighted by molar-refractivity contribution is 5.53. The van der Waals surface area contributed by atoms with Crippen LogP contribution < -0.4 is 14.2 Å². The Morgan fingerprint density at radius 1 is 0.562 bits per heavy atom. The largest absolute Gasteiger partial charge is 0.487 e. The van der Waals surface area contributed by atoms with E-state index in [2.05, 4.69) is 9.47 Å². The summed E-state index contributed by atoms with van der Waals surface area (Å²) in [6.07, 6.45) is 0.872. The zero-order chi connectivity index (χ0) is 37.7. The molecular weight excluding hydrogens is 671 g/mol. The first kappa shape index (κ1) is 45.4. The summed E-state index contributed by atoms with van der Waals surface area (Å²) in [4.78, 5) is 19.6. The number of nitro benzene ring substituents is 2. The zero-order valence-corrected chi connectivity index (χ0v) is 27.0. The molecule has 0 radical (unpaired) electrons. The van der Waals surface area contributed by atoms with Gasteiger partial charge in [-0.1, -0.05) is 41.5 Å². The molecule has 3 aromatic carbocycles. The van der Waals surface area contributed by atoms with Crippen LogP contribution in [0.5, 0.6) is 17.2 Å². The molecule has 48 heavy (non-hydrogen) atoms. The Morgan fingerprint density at radius 2 is 0.958 bits per heavy atom. The normalized spacial score (nSPS) is 9.58. The number of nitro groups is 2. The van der Waals surface area contributed by atoms with Gasteiger partial charge in [0.05, 0.1) is 35.7 Å². The maximum Gasteiger partial charge on any atom is 0.317 e. The second-order valence-electron chi connectivity index (χ2n) is 7.99. The maximum atomic E-state index is 12.9. The van der Waals surface area contributed by atoms with Gasteiger partial charge in [0.25, 0.3) is 5.69 Å². The monoisotopic (exact) mass is 706 g/mol. The molecule has 0 aromatic heterocycles. The van der Waals surface area contributed by atoms with Crippen LogP contribution in [0.25, 0.3) is 0 Å². The summed E-state index contributed by atoms with van der Waals surface area (Å²) >= 11 is 0. The molecule has 0 fully saturated rings. The predicted molar refractivity (Wildman–Crippen MR) is 158 cm³/mol. The number of benzene rings is 3. The molecule has 0 heterocycles. The Hall–Kier alpha value is -4.77. The number of rotatable bonds is 10. The van der Waals surface area contributed by atoms with Crippen molar-refractivity contribution in [2.45, 2.75) is 61.3 Å². The Labute approximate surface area is 270 Å². The molecule has 3 aromatic rings. The molecule has 0 aliphatic heterocycles. The van der Waals surface area contributed by atoms with Crippen LogP contribution in [-0.2, 0) is 0 Å². The van der Waals surface area contributed by atoms with E-state index in [9.17, 15) is 59.7 Å². The first-order chi connectivity index (χ1) is 22.6. The van der Waals surface area contributed by atoms with E-state index >= 15 is 0 Å². The maximum absolute atomic E-state index is 12.9. The molecule has 270 valence electrons. The van der Waals surface area contributed by atoms with E-state index < -0.39 is 79.4 Å². The van der Waals surface area contributed by atoms with E-state index in [1.165, 1.54) is 6.07 Å². The first-order valence-corrected chi connectivity index (χ1v) is 14.3. The molecule has 0 aliphatic carbocycles. The van der Waals surface area contributed by atoms with Gasteiger partial charge < -0.3 is 14.2 Å². The summed E-state index contributed by atoms with van der Waals surface area (Å²) in [6.45, 7) is 13.1. The third kappa shape index (κ3) is 13.2. The van der Waals surface area contributed by atoms with E-state index in [0.29, 0.717) is 12.8 Å². The molecule has 0 saturated heterocycles. The zero-order valence-electron chi connectivity index (χ0n) is 27.0. The van der Waals surface area contributed by atoms with Crippen LogP contribution in [0.3, 0.4) is 0 Å². The van der Waals surface area contributed by atoms with Crippen molar-refractivity contribution in [1.82, 2.24) is 0 Å². The fraction of sp³-hybridized carbons (Fsp3) is 0.400. The van der Waals surface area contributed by atoms with Crippen LogP contribution in [0, 0.1) is 72.6 Å². The van der Waals surface area contributed by atoms with E-state index in [-0.39, 0.29) is 37.3 Å². The Kier molecular flexibility index (Phi) is 22.2. The summed E-state index contributed by atoms with van der Waals surface area (Å²) < 4.78 is 128. The topological polar surface area (TPSA) is 114 Å². The highest BCUT2D eigenvalue weighted by Crippen LogP contribution is 2.31. The summed E-state index contributed by atoms with van der Waals surface area (Å²) in [7, 11) is 0. The standard InChI is InChI=1S/C9H7F5O.C9H8F4O.C8H8N2O5.2C2H6/c1-2-3-15-9-7(13)5(11)4(10)6(12)8(9)14;1-2-3-14-9-7(12)5(10)4-6(11)8(9)13;1-2-15-8-4-3-6(9(11)12)5-7(8)10(13)14;2*1-2/h2-3H2,1H3;4H,2-3H2,1H3;3-5H,2H2,1H3;2*1-2H3. The van der Waals surface area contributed by atoms with Gasteiger partial charge in [-0.25, -0.2) is 22.0 Å². The number of non-ortho nitro benzene ring substituents is 1. The van der Waals surface area contributed by atoms with Gasteiger partial charge in [0.1, 0.15) is 0 Å². The number of hydrogen-bond donors (Lipinski definition) is 0. The highest BCUT2D eigenvalue weighted by Gasteiger charge is 2.27. The fourth-order valence-electron chi connectivity index (χ4n) is 2.84. The summed E-state index contributed by atoms with van der Waals surface area (Å²) in [5, 5.41) is 21.0. The van der Waals surface area contributed by atoms with E-state index in [1.54, 1.807) is 20.8 Å². The number of nitrogens with zero attached hydrogens (tertiary/aromatic N) is 2. The highest BCUT2D eigenvalue weighted by atomic mass is 19.2. The van der Waals surface area contributed by atoms with Gasteiger partial charge >= 0.3 is 5.69 Å². The van der Waals surface area contributed by atoms with Crippen LogP contribution in [0.4, 0.5) is 50.9 Å². The molecule has 0 aliphatic rings. The van der Waals surface area contributed by atoms with Crippen molar-refractivity contribution in [3.8, 4) is 17.2 Å². The molecule has 0 N–H and O–H groups in total. The number of halogens is 9. The third-order valence-electron chi connectivity index (χ3n) is 4.79. The molecule has 18 heteroatoms. The SMILES string of the molecule is CC.CC.CCCOc1c(F)c(F)c(F)c(F)c1F.CCCOc1c(F)c(F)cc(F)c1F.CCOc1ccc([N+](=O)[O-])cc1[N+](=O)[O-]. The van der Waals surface area contributed by atoms with Crippen LogP contribution in [0.15, 0.2) is 24.3 Å². The Morgan fingerprint density at radius 3 is 1.31 bits per heavy atom. The number of hydrogen-bond acceptors (Lipinski definition) is 7. The first-order valence-electron chi connectivity index (χ1n) is 14.3. The third-order valence-corrected chi connectivity index (χ3v) is 4.79. The van der Waals surface area contributed by atoms with Gasteiger partial charge in [-0.15, -0.1) is 0 Å². The Bertz CT molecular complexity index is 1420. The van der Waals surface area contributed by atoms with Gasteiger partial charge in [0.15, 0.2) is 28.9 Å². The molecule has 3 rings (SSSR count). The summed E-state index contributed by atoms with van der Waals surface area (Å²) in [5.74, 6) is -18.2. The molecule has 0 unspecified atom stereocenters. The van der Waals surface area contributed by atoms with Crippen molar-refractivity contribution in [1.29, 1.82) is 0 Å². The predicted octanol–water partition coefficient (Wildman–Crippen LogP) is 10.2. The lowest BCUT2D eigenvalue weighted by Gasteiger charge is -2.08. The minimum atomic E-state index is -2.19. The molecule has 0 bridgehead atoms. The fourth-order valence-corrected chi connectivity index (χ4v) is 2.84.